The molecule has 0 aliphatic rings. The van der Waals surface area contributed by atoms with Crippen LogP contribution in [0.25, 0.3) is 0 Å². The SMILES string of the molecule is C=CC(=O)NCC(C(C)=O)C(=O)c1ccccc1. The number of ketones is 2. The van der Waals surface area contributed by atoms with Gasteiger partial charge in [0, 0.05) is 12.1 Å². The van der Waals surface area contributed by atoms with Gasteiger partial charge in [-0.25, -0.2) is 0 Å². The molecule has 0 radical (unpaired) electrons. The van der Waals surface area contributed by atoms with Crippen LogP contribution in [0, 0.1) is 5.92 Å². The number of rotatable bonds is 6. The molecule has 0 saturated carbocycles. The number of hydrogen-bond donors (Lipinski definition) is 1. The van der Waals surface area contributed by atoms with Gasteiger partial charge >= 0.3 is 0 Å². The Morgan fingerprint density at radius 2 is 1.89 bits per heavy atom. The molecule has 1 amide bonds. The third-order valence-corrected chi connectivity index (χ3v) is 2.53. The van der Waals surface area contributed by atoms with Crippen molar-refractivity contribution in [2.75, 3.05) is 6.54 Å². The fourth-order valence-electron chi connectivity index (χ4n) is 1.50. The van der Waals surface area contributed by atoms with E-state index in [4.69, 9.17) is 0 Å². The molecule has 0 aromatic heterocycles. The molecule has 4 heteroatoms. The number of carbonyl (C=O) groups excluding carboxylic acids is 3. The fraction of sp³-hybridized carbons (Fsp3) is 0.214. The van der Waals surface area contributed by atoms with Crippen LogP contribution in [-0.4, -0.2) is 24.0 Å². The maximum atomic E-state index is 12.1. The molecule has 1 N–H and O–H groups in total. The lowest BCUT2D eigenvalue weighted by molar-refractivity contribution is -0.120. The Kier molecular flexibility index (Phi) is 4.99. The van der Waals surface area contributed by atoms with Crippen molar-refractivity contribution in [3.63, 3.8) is 0 Å². The molecule has 0 heterocycles. The molecule has 1 rings (SSSR count). The van der Waals surface area contributed by atoms with Crippen LogP contribution in [0.1, 0.15) is 17.3 Å². The average molecular weight is 245 g/mol. The Labute approximate surface area is 106 Å². The van der Waals surface area contributed by atoms with Crippen molar-refractivity contribution in [3.8, 4) is 0 Å². The van der Waals surface area contributed by atoms with Crippen molar-refractivity contribution in [3.05, 3.63) is 48.6 Å². The van der Waals surface area contributed by atoms with Crippen LogP contribution >= 0.6 is 0 Å². The number of hydrogen-bond acceptors (Lipinski definition) is 3. The monoisotopic (exact) mass is 245 g/mol. The first-order valence-corrected chi connectivity index (χ1v) is 5.56. The highest BCUT2D eigenvalue weighted by Crippen LogP contribution is 2.09. The maximum absolute atomic E-state index is 12.1. The van der Waals surface area contributed by atoms with E-state index in [1.165, 1.54) is 6.92 Å². The van der Waals surface area contributed by atoms with Crippen LogP contribution in [0.5, 0.6) is 0 Å². The summed E-state index contributed by atoms with van der Waals surface area (Å²) in [7, 11) is 0. The summed E-state index contributed by atoms with van der Waals surface area (Å²) in [5.41, 5.74) is 0.463. The maximum Gasteiger partial charge on any atom is 0.243 e. The van der Waals surface area contributed by atoms with Crippen LogP contribution in [0.2, 0.25) is 0 Å². The zero-order valence-corrected chi connectivity index (χ0v) is 10.2. The van der Waals surface area contributed by atoms with Gasteiger partial charge < -0.3 is 5.32 Å². The van der Waals surface area contributed by atoms with Crippen molar-refractivity contribution in [1.82, 2.24) is 5.32 Å². The molecule has 1 aromatic rings. The predicted molar refractivity (Wildman–Crippen MR) is 68.2 cm³/mol. The van der Waals surface area contributed by atoms with Crippen LogP contribution < -0.4 is 5.32 Å². The summed E-state index contributed by atoms with van der Waals surface area (Å²) in [5, 5.41) is 2.47. The second-order valence-corrected chi connectivity index (χ2v) is 3.84. The van der Waals surface area contributed by atoms with Gasteiger partial charge in [-0.05, 0) is 13.0 Å². The molecule has 4 nitrogen and oxygen atoms in total. The smallest absolute Gasteiger partial charge is 0.243 e. The zero-order chi connectivity index (χ0) is 13.5. The van der Waals surface area contributed by atoms with Crippen molar-refractivity contribution < 1.29 is 14.4 Å². The minimum atomic E-state index is -0.851. The standard InChI is InChI=1S/C14H15NO3/c1-3-13(17)15-9-12(10(2)16)14(18)11-7-5-4-6-8-11/h3-8,12H,1,9H2,2H3,(H,15,17). The van der Waals surface area contributed by atoms with E-state index >= 15 is 0 Å². The third kappa shape index (κ3) is 3.66. The summed E-state index contributed by atoms with van der Waals surface area (Å²) in [4.78, 5) is 34.6. The topological polar surface area (TPSA) is 63.2 Å². The number of carbonyl (C=O) groups is 3. The largest absolute Gasteiger partial charge is 0.351 e. The van der Waals surface area contributed by atoms with Crippen LogP contribution in [0.3, 0.4) is 0 Å². The van der Waals surface area contributed by atoms with E-state index < -0.39 is 11.8 Å². The molecule has 0 saturated heterocycles. The molecule has 1 aromatic carbocycles. The van der Waals surface area contributed by atoms with Gasteiger partial charge in [0.1, 0.15) is 5.78 Å². The highest BCUT2D eigenvalue weighted by atomic mass is 16.2. The molecule has 0 fully saturated rings. The summed E-state index contributed by atoms with van der Waals surface area (Å²) in [6.45, 7) is 4.64. The molecule has 1 unspecified atom stereocenters. The van der Waals surface area contributed by atoms with E-state index in [-0.39, 0.29) is 18.1 Å². The van der Waals surface area contributed by atoms with Gasteiger partial charge in [0.25, 0.3) is 0 Å². The Balaban J connectivity index is 2.79. The molecule has 94 valence electrons. The number of amides is 1. The van der Waals surface area contributed by atoms with Crippen LogP contribution in [0.15, 0.2) is 43.0 Å². The lowest BCUT2D eigenvalue weighted by atomic mass is 9.94. The number of nitrogens with one attached hydrogen (secondary N) is 1. The van der Waals surface area contributed by atoms with Crippen LogP contribution in [0.4, 0.5) is 0 Å². The molecule has 0 aliphatic carbocycles. The number of benzene rings is 1. The predicted octanol–water partition coefficient (Wildman–Crippen LogP) is 1.38. The van der Waals surface area contributed by atoms with Gasteiger partial charge in [-0.1, -0.05) is 36.9 Å². The molecular formula is C14H15NO3. The van der Waals surface area contributed by atoms with Crippen molar-refractivity contribution >= 4 is 17.5 Å². The minimum absolute atomic E-state index is 0.00604. The lowest BCUT2D eigenvalue weighted by Gasteiger charge is -2.13. The van der Waals surface area contributed by atoms with Gasteiger partial charge in [0.2, 0.25) is 5.91 Å². The second-order valence-electron chi connectivity index (χ2n) is 3.84. The van der Waals surface area contributed by atoms with E-state index in [1.807, 2.05) is 0 Å². The Bertz CT molecular complexity index is 465. The molecule has 0 bridgehead atoms. The van der Waals surface area contributed by atoms with Gasteiger partial charge in [-0.2, -0.15) is 0 Å². The second kappa shape index (κ2) is 6.49. The highest BCUT2D eigenvalue weighted by molar-refractivity contribution is 6.10. The zero-order valence-electron chi connectivity index (χ0n) is 10.2. The highest BCUT2D eigenvalue weighted by Gasteiger charge is 2.24. The minimum Gasteiger partial charge on any atom is -0.351 e. The Hall–Kier alpha value is -2.23. The quantitative estimate of drug-likeness (QED) is 0.468. The normalized spacial score (nSPS) is 11.4. The van der Waals surface area contributed by atoms with E-state index in [9.17, 15) is 14.4 Å². The summed E-state index contributed by atoms with van der Waals surface area (Å²) in [6, 6.07) is 8.54. The van der Waals surface area contributed by atoms with E-state index in [1.54, 1.807) is 30.3 Å². The van der Waals surface area contributed by atoms with Gasteiger partial charge in [-0.3, -0.25) is 14.4 Å². The summed E-state index contributed by atoms with van der Waals surface area (Å²) < 4.78 is 0. The van der Waals surface area contributed by atoms with Crippen LogP contribution in [-0.2, 0) is 9.59 Å². The first-order valence-electron chi connectivity index (χ1n) is 5.56. The molecule has 0 aliphatic heterocycles. The van der Waals surface area contributed by atoms with Crippen molar-refractivity contribution in [2.24, 2.45) is 5.92 Å². The molecular weight excluding hydrogens is 230 g/mol. The van der Waals surface area contributed by atoms with E-state index in [0.29, 0.717) is 5.56 Å². The Morgan fingerprint density at radius 1 is 1.28 bits per heavy atom. The van der Waals surface area contributed by atoms with Gasteiger partial charge in [-0.15, -0.1) is 0 Å². The van der Waals surface area contributed by atoms with Crippen molar-refractivity contribution in [2.45, 2.75) is 6.92 Å². The summed E-state index contributed by atoms with van der Waals surface area (Å²) >= 11 is 0. The van der Waals surface area contributed by atoms with E-state index in [2.05, 4.69) is 11.9 Å². The molecule has 1 atom stereocenters. The summed E-state index contributed by atoms with van der Waals surface area (Å²) in [6.07, 6.45) is 1.10. The molecule has 18 heavy (non-hydrogen) atoms. The van der Waals surface area contributed by atoms with Gasteiger partial charge in [0.15, 0.2) is 5.78 Å². The Morgan fingerprint density at radius 3 is 2.39 bits per heavy atom. The molecule has 0 spiro atoms. The fourth-order valence-corrected chi connectivity index (χ4v) is 1.50. The summed E-state index contributed by atoms with van der Waals surface area (Å²) in [5.74, 6) is -1.81. The van der Waals surface area contributed by atoms with Gasteiger partial charge in [0.05, 0.1) is 5.92 Å². The van der Waals surface area contributed by atoms with Crippen molar-refractivity contribution in [1.29, 1.82) is 0 Å². The van der Waals surface area contributed by atoms with E-state index in [0.717, 1.165) is 6.08 Å². The lowest BCUT2D eigenvalue weighted by Crippen LogP contribution is -2.35. The number of Topliss-reactive ketones (excluding diaryl/α,β-unsaturated/α-hetero) is 2. The first kappa shape index (κ1) is 13.8. The third-order valence-electron chi connectivity index (χ3n) is 2.53. The average Bonchev–Trinajstić information content (AvgIpc) is 2.39. The first-order chi connectivity index (χ1) is 8.56.